The van der Waals surface area contributed by atoms with E-state index >= 15 is 0 Å². The van der Waals surface area contributed by atoms with Gasteiger partial charge in [0.2, 0.25) is 0 Å². The summed E-state index contributed by atoms with van der Waals surface area (Å²) in [6.07, 6.45) is 0. The van der Waals surface area contributed by atoms with Crippen molar-refractivity contribution in [1.82, 2.24) is 4.98 Å². The molecule has 1 aromatic heterocycles. The molecule has 0 N–H and O–H groups in total. The molecular weight excluding hydrogens is 290 g/mol. The fourth-order valence-electron chi connectivity index (χ4n) is 2.57. The maximum Gasteiger partial charge on any atom is 0.130 e. The third kappa shape index (κ3) is 2.93. The van der Waals surface area contributed by atoms with Crippen LogP contribution in [0.5, 0.6) is 17.2 Å². The minimum Gasteiger partial charge on any atom is -0.497 e. The molecule has 0 bridgehead atoms. The highest BCUT2D eigenvalue weighted by Gasteiger charge is 2.12. The highest BCUT2D eigenvalue weighted by Crippen LogP contribution is 2.35. The Morgan fingerprint density at radius 2 is 1.74 bits per heavy atom. The lowest BCUT2D eigenvalue weighted by atomic mass is 10.1. The Morgan fingerprint density at radius 1 is 0.913 bits per heavy atom. The number of aromatic nitrogens is 1. The Bertz CT molecular complexity index is 830. The van der Waals surface area contributed by atoms with Crippen LogP contribution < -0.4 is 14.2 Å². The topological polar surface area (TPSA) is 40.6 Å². The molecule has 4 heteroatoms. The second-order valence-electron chi connectivity index (χ2n) is 5.02. The Balaban J connectivity index is 2.24. The number of ether oxygens (including phenoxy) is 3. The Kier molecular flexibility index (Phi) is 4.33. The van der Waals surface area contributed by atoms with E-state index in [-0.39, 0.29) is 0 Å². The summed E-state index contributed by atoms with van der Waals surface area (Å²) in [4.78, 5) is 4.77. The summed E-state index contributed by atoms with van der Waals surface area (Å²) >= 11 is 0. The van der Waals surface area contributed by atoms with Gasteiger partial charge in [-0.05, 0) is 31.2 Å². The summed E-state index contributed by atoms with van der Waals surface area (Å²) in [6, 6.07) is 15.6. The Morgan fingerprint density at radius 3 is 2.48 bits per heavy atom. The van der Waals surface area contributed by atoms with Crippen molar-refractivity contribution in [3.8, 4) is 28.5 Å². The number of pyridine rings is 1. The first-order valence-electron chi connectivity index (χ1n) is 7.51. The second-order valence-corrected chi connectivity index (χ2v) is 5.02. The lowest BCUT2D eigenvalue weighted by Gasteiger charge is -2.13. The minimum atomic E-state index is 0.594. The molecule has 2 aromatic carbocycles. The van der Waals surface area contributed by atoms with Gasteiger partial charge in [0.1, 0.15) is 17.2 Å². The average Bonchev–Trinajstić information content (AvgIpc) is 2.61. The van der Waals surface area contributed by atoms with E-state index in [9.17, 15) is 0 Å². The van der Waals surface area contributed by atoms with Crippen LogP contribution in [0.2, 0.25) is 0 Å². The van der Waals surface area contributed by atoms with E-state index in [0.29, 0.717) is 6.61 Å². The number of methoxy groups -OCH3 is 2. The van der Waals surface area contributed by atoms with Crippen molar-refractivity contribution in [3.63, 3.8) is 0 Å². The molecular formula is C19H19NO3. The molecule has 0 aliphatic carbocycles. The van der Waals surface area contributed by atoms with Crippen molar-refractivity contribution in [2.75, 3.05) is 20.8 Å². The maximum atomic E-state index is 5.81. The lowest BCUT2D eigenvalue weighted by Crippen LogP contribution is -1.97. The van der Waals surface area contributed by atoms with Crippen molar-refractivity contribution in [2.45, 2.75) is 6.92 Å². The molecule has 3 aromatic rings. The number of benzene rings is 2. The normalized spacial score (nSPS) is 10.6. The molecule has 0 saturated carbocycles. The lowest BCUT2D eigenvalue weighted by molar-refractivity contribution is 0.344. The first-order chi connectivity index (χ1) is 11.3. The molecule has 0 aliphatic heterocycles. The van der Waals surface area contributed by atoms with Crippen molar-refractivity contribution in [1.29, 1.82) is 0 Å². The average molecular weight is 309 g/mol. The molecule has 0 spiro atoms. The van der Waals surface area contributed by atoms with E-state index < -0.39 is 0 Å². The van der Waals surface area contributed by atoms with Crippen LogP contribution >= 0.6 is 0 Å². The summed E-state index contributed by atoms with van der Waals surface area (Å²) in [6.45, 7) is 2.56. The van der Waals surface area contributed by atoms with E-state index in [4.69, 9.17) is 19.2 Å². The van der Waals surface area contributed by atoms with Crippen LogP contribution in [0.1, 0.15) is 6.92 Å². The molecule has 3 rings (SSSR count). The zero-order valence-electron chi connectivity index (χ0n) is 13.5. The quantitative estimate of drug-likeness (QED) is 0.704. The smallest absolute Gasteiger partial charge is 0.130 e. The Hall–Kier alpha value is -2.75. The van der Waals surface area contributed by atoms with Crippen LogP contribution in [0.25, 0.3) is 22.2 Å². The molecule has 118 valence electrons. The maximum absolute atomic E-state index is 5.81. The molecule has 0 unspecified atom stereocenters. The van der Waals surface area contributed by atoms with E-state index in [1.165, 1.54) is 0 Å². The summed E-state index contributed by atoms with van der Waals surface area (Å²) in [5.74, 6) is 2.36. The fraction of sp³-hybridized carbons (Fsp3) is 0.211. The third-order valence-electron chi connectivity index (χ3n) is 3.66. The van der Waals surface area contributed by atoms with Crippen LogP contribution in [-0.4, -0.2) is 25.8 Å². The number of hydrogen-bond donors (Lipinski definition) is 0. The van der Waals surface area contributed by atoms with Gasteiger partial charge in [-0.3, -0.25) is 0 Å². The zero-order chi connectivity index (χ0) is 16.2. The van der Waals surface area contributed by atoms with Crippen molar-refractivity contribution >= 4 is 10.9 Å². The van der Waals surface area contributed by atoms with Crippen LogP contribution in [0.4, 0.5) is 0 Å². The molecule has 0 amide bonds. The first kappa shape index (κ1) is 15.2. The van der Waals surface area contributed by atoms with Gasteiger partial charge in [-0.2, -0.15) is 0 Å². The largest absolute Gasteiger partial charge is 0.497 e. The first-order valence-corrected chi connectivity index (χ1v) is 7.51. The van der Waals surface area contributed by atoms with Crippen molar-refractivity contribution in [3.05, 3.63) is 48.5 Å². The van der Waals surface area contributed by atoms with Crippen LogP contribution in [-0.2, 0) is 0 Å². The van der Waals surface area contributed by atoms with Crippen molar-refractivity contribution in [2.24, 2.45) is 0 Å². The highest BCUT2D eigenvalue weighted by atomic mass is 16.5. The molecule has 23 heavy (non-hydrogen) atoms. The van der Waals surface area contributed by atoms with Gasteiger partial charge in [0.05, 0.1) is 32.0 Å². The summed E-state index contributed by atoms with van der Waals surface area (Å²) in [5.41, 5.74) is 2.57. The van der Waals surface area contributed by atoms with E-state index in [2.05, 4.69) is 0 Å². The minimum absolute atomic E-state index is 0.594. The number of rotatable bonds is 5. The molecule has 1 heterocycles. The van der Waals surface area contributed by atoms with Gasteiger partial charge in [0, 0.05) is 23.1 Å². The second kappa shape index (κ2) is 6.57. The van der Waals surface area contributed by atoms with Gasteiger partial charge in [-0.25, -0.2) is 4.98 Å². The number of para-hydroxylation sites is 1. The monoisotopic (exact) mass is 309 g/mol. The summed E-state index contributed by atoms with van der Waals surface area (Å²) in [5, 5.41) is 0.964. The van der Waals surface area contributed by atoms with E-state index in [0.717, 1.165) is 39.4 Å². The zero-order valence-corrected chi connectivity index (χ0v) is 13.5. The van der Waals surface area contributed by atoms with Crippen molar-refractivity contribution < 1.29 is 14.2 Å². The van der Waals surface area contributed by atoms with E-state index in [1.54, 1.807) is 14.2 Å². The van der Waals surface area contributed by atoms with Crippen LogP contribution in [0.3, 0.4) is 0 Å². The van der Waals surface area contributed by atoms with Gasteiger partial charge in [0.15, 0.2) is 0 Å². The predicted octanol–water partition coefficient (Wildman–Crippen LogP) is 4.32. The molecule has 0 saturated heterocycles. The van der Waals surface area contributed by atoms with Crippen LogP contribution in [0.15, 0.2) is 48.5 Å². The number of hydrogen-bond acceptors (Lipinski definition) is 4. The molecule has 0 atom stereocenters. The SMILES string of the molecule is CCOc1cc(-c2ccccc2OC)nc2cc(OC)ccc12. The van der Waals surface area contributed by atoms with Gasteiger partial charge < -0.3 is 14.2 Å². The Labute approximate surface area is 135 Å². The highest BCUT2D eigenvalue weighted by molar-refractivity contribution is 5.89. The van der Waals surface area contributed by atoms with Gasteiger partial charge >= 0.3 is 0 Å². The van der Waals surface area contributed by atoms with Gasteiger partial charge in [-0.15, -0.1) is 0 Å². The standard InChI is InChI=1S/C19H19NO3/c1-4-23-19-12-17(14-7-5-6-8-18(14)22-3)20-16-11-13(21-2)9-10-15(16)19/h5-12H,4H2,1-3H3. The summed E-state index contributed by atoms with van der Waals surface area (Å²) < 4.78 is 16.6. The van der Waals surface area contributed by atoms with Gasteiger partial charge in [0.25, 0.3) is 0 Å². The molecule has 0 aliphatic rings. The molecule has 0 fully saturated rings. The number of nitrogens with zero attached hydrogens (tertiary/aromatic N) is 1. The fourth-order valence-corrected chi connectivity index (χ4v) is 2.57. The molecule has 4 nitrogen and oxygen atoms in total. The third-order valence-corrected chi connectivity index (χ3v) is 3.66. The van der Waals surface area contributed by atoms with E-state index in [1.807, 2.05) is 55.5 Å². The predicted molar refractivity (Wildman–Crippen MR) is 91.5 cm³/mol. The van der Waals surface area contributed by atoms with Crippen LogP contribution in [0, 0.1) is 0 Å². The molecule has 0 radical (unpaired) electrons. The summed E-state index contributed by atoms with van der Waals surface area (Å²) in [7, 11) is 3.31. The van der Waals surface area contributed by atoms with Gasteiger partial charge in [-0.1, -0.05) is 12.1 Å². The number of fused-ring (bicyclic) bond motifs is 1.